The van der Waals surface area contributed by atoms with Crippen LogP contribution in [0, 0.1) is 0 Å². The van der Waals surface area contributed by atoms with Crippen LogP contribution < -0.4 is 14.8 Å². The number of amides is 1. The van der Waals surface area contributed by atoms with Crippen LogP contribution in [0.3, 0.4) is 0 Å². The van der Waals surface area contributed by atoms with E-state index in [1.165, 1.54) is 36.7 Å². The van der Waals surface area contributed by atoms with Crippen LogP contribution in [0.1, 0.15) is 38.2 Å². The van der Waals surface area contributed by atoms with Gasteiger partial charge in [-0.25, -0.2) is 4.98 Å². The fourth-order valence-electron chi connectivity index (χ4n) is 2.86. The van der Waals surface area contributed by atoms with Gasteiger partial charge in [-0.1, -0.05) is 55.7 Å². The van der Waals surface area contributed by atoms with Gasteiger partial charge in [0.1, 0.15) is 0 Å². The fourth-order valence-corrected chi connectivity index (χ4v) is 3.73. The molecule has 0 bridgehead atoms. The van der Waals surface area contributed by atoms with Gasteiger partial charge >= 0.3 is 0 Å². The average Bonchev–Trinajstić information content (AvgIpc) is 3.14. The molecule has 0 radical (unpaired) electrons. The van der Waals surface area contributed by atoms with E-state index in [0.29, 0.717) is 17.5 Å². The molecule has 0 saturated carbocycles. The van der Waals surface area contributed by atoms with E-state index in [1.807, 2.05) is 42.5 Å². The highest BCUT2D eigenvalue weighted by Gasteiger charge is 2.07. The predicted molar refractivity (Wildman–Crippen MR) is 120 cm³/mol. The third-order valence-corrected chi connectivity index (χ3v) is 5.35. The lowest BCUT2D eigenvalue weighted by Gasteiger charge is -2.11. The molecule has 0 unspecified atom stereocenters. The lowest BCUT2D eigenvalue weighted by molar-refractivity contribution is -0.111. The zero-order chi connectivity index (χ0) is 20.5. The maximum absolute atomic E-state index is 12.2. The normalized spacial score (nSPS) is 11.1. The molecule has 152 valence electrons. The van der Waals surface area contributed by atoms with Crippen molar-refractivity contribution >= 4 is 38.7 Å². The summed E-state index contributed by atoms with van der Waals surface area (Å²) in [6.45, 7) is 2.87. The summed E-state index contributed by atoms with van der Waals surface area (Å²) in [6, 6.07) is 13.4. The van der Waals surface area contributed by atoms with Crippen molar-refractivity contribution < 1.29 is 14.3 Å². The molecule has 0 aliphatic heterocycles. The van der Waals surface area contributed by atoms with Crippen molar-refractivity contribution in [2.75, 3.05) is 19.0 Å². The number of nitrogens with zero attached hydrogens (tertiary/aromatic N) is 1. The van der Waals surface area contributed by atoms with Crippen molar-refractivity contribution in [3.05, 3.63) is 54.1 Å². The SMILES string of the molecule is CCCCCCOc1ccc(/C=C/C(=O)Nc2nc3ccccc3s2)cc1OC. The fraction of sp³-hybridized carbons (Fsp3) is 0.304. The number of hydrogen-bond donors (Lipinski definition) is 1. The van der Waals surface area contributed by atoms with E-state index in [9.17, 15) is 4.79 Å². The molecule has 6 heteroatoms. The molecule has 1 amide bonds. The van der Waals surface area contributed by atoms with E-state index >= 15 is 0 Å². The van der Waals surface area contributed by atoms with Gasteiger partial charge in [-0.2, -0.15) is 0 Å². The summed E-state index contributed by atoms with van der Waals surface area (Å²) in [7, 11) is 1.62. The molecular formula is C23H26N2O3S. The number of thiazole rings is 1. The minimum atomic E-state index is -0.223. The van der Waals surface area contributed by atoms with Gasteiger partial charge in [-0.3, -0.25) is 10.1 Å². The molecule has 1 N–H and O–H groups in total. The van der Waals surface area contributed by atoms with Gasteiger partial charge in [0.25, 0.3) is 0 Å². The molecule has 0 saturated heterocycles. The largest absolute Gasteiger partial charge is 0.493 e. The molecule has 2 aromatic carbocycles. The smallest absolute Gasteiger partial charge is 0.250 e. The van der Waals surface area contributed by atoms with Gasteiger partial charge in [-0.15, -0.1) is 0 Å². The predicted octanol–water partition coefficient (Wildman–Crippen LogP) is 5.92. The Bertz CT molecular complexity index is 948. The zero-order valence-corrected chi connectivity index (χ0v) is 17.6. The van der Waals surface area contributed by atoms with Crippen LogP contribution in [0.2, 0.25) is 0 Å². The van der Waals surface area contributed by atoms with E-state index in [4.69, 9.17) is 9.47 Å². The average molecular weight is 411 g/mol. The Morgan fingerprint density at radius 2 is 2.00 bits per heavy atom. The summed E-state index contributed by atoms with van der Waals surface area (Å²) >= 11 is 1.45. The van der Waals surface area contributed by atoms with E-state index < -0.39 is 0 Å². The minimum absolute atomic E-state index is 0.223. The molecule has 3 rings (SSSR count). The first-order chi connectivity index (χ1) is 14.2. The number of carbonyl (C=O) groups excluding carboxylic acids is 1. The van der Waals surface area contributed by atoms with E-state index in [-0.39, 0.29) is 5.91 Å². The third kappa shape index (κ3) is 6.06. The summed E-state index contributed by atoms with van der Waals surface area (Å²) in [5, 5.41) is 3.40. The van der Waals surface area contributed by atoms with Crippen molar-refractivity contribution in [3.8, 4) is 11.5 Å². The van der Waals surface area contributed by atoms with Crippen LogP contribution in [-0.2, 0) is 4.79 Å². The van der Waals surface area contributed by atoms with Crippen LogP contribution in [-0.4, -0.2) is 24.6 Å². The van der Waals surface area contributed by atoms with Crippen molar-refractivity contribution in [2.24, 2.45) is 0 Å². The molecule has 3 aromatic rings. The minimum Gasteiger partial charge on any atom is -0.493 e. The highest BCUT2D eigenvalue weighted by Crippen LogP contribution is 2.29. The zero-order valence-electron chi connectivity index (χ0n) is 16.8. The van der Waals surface area contributed by atoms with Crippen molar-refractivity contribution in [2.45, 2.75) is 32.6 Å². The quantitative estimate of drug-likeness (QED) is 0.333. The van der Waals surface area contributed by atoms with E-state index in [1.54, 1.807) is 13.2 Å². The number of nitrogens with one attached hydrogen (secondary N) is 1. The Balaban J connectivity index is 1.58. The summed E-state index contributed by atoms with van der Waals surface area (Å²) in [5.41, 5.74) is 1.74. The molecule has 1 aromatic heterocycles. The number of ether oxygens (including phenoxy) is 2. The lowest BCUT2D eigenvalue weighted by Crippen LogP contribution is -2.07. The summed E-state index contributed by atoms with van der Waals surface area (Å²) in [6.07, 6.45) is 7.87. The van der Waals surface area contributed by atoms with Gasteiger partial charge in [0, 0.05) is 6.08 Å². The van der Waals surface area contributed by atoms with Gasteiger partial charge < -0.3 is 9.47 Å². The molecule has 5 nitrogen and oxygen atoms in total. The molecule has 1 heterocycles. The number of hydrogen-bond acceptors (Lipinski definition) is 5. The number of anilines is 1. The first kappa shape index (κ1) is 20.9. The Hall–Kier alpha value is -2.86. The number of unbranched alkanes of at least 4 members (excludes halogenated alkanes) is 3. The second-order valence-electron chi connectivity index (χ2n) is 6.63. The molecule has 0 spiro atoms. The summed E-state index contributed by atoms with van der Waals surface area (Å²) < 4.78 is 12.3. The van der Waals surface area contributed by atoms with Crippen LogP contribution in [0.5, 0.6) is 11.5 Å². The maximum Gasteiger partial charge on any atom is 0.250 e. The van der Waals surface area contributed by atoms with E-state index in [2.05, 4.69) is 17.2 Å². The van der Waals surface area contributed by atoms with Gasteiger partial charge in [-0.05, 0) is 42.3 Å². The number of fused-ring (bicyclic) bond motifs is 1. The first-order valence-electron chi connectivity index (χ1n) is 9.85. The Morgan fingerprint density at radius 3 is 2.79 bits per heavy atom. The number of para-hydroxylation sites is 1. The third-order valence-electron chi connectivity index (χ3n) is 4.39. The van der Waals surface area contributed by atoms with Crippen LogP contribution >= 0.6 is 11.3 Å². The Kier molecular flexibility index (Phi) is 7.64. The Labute approximate surface area is 175 Å². The molecule has 0 aliphatic carbocycles. The molecule has 0 aliphatic rings. The highest BCUT2D eigenvalue weighted by atomic mass is 32.1. The number of rotatable bonds is 10. The number of benzene rings is 2. The molecule has 29 heavy (non-hydrogen) atoms. The number of carbonyl (C=O) groups is 1. The first-order valence-corrected chi connectivity index (χ1v) is 10.7. The second-order valence-corrected chi connectivity index (χ2v) is 7.66. The standard InChI is InChI=1S/C23H26N2O3S/c1-3-4-5-8-15-28-19-13-11-17(16-20(19)27-2)12-14-22(26)25-23-24-18-9-6-7-10-21(18)29-23/h6-7,9-14,16H,3-5,8,15H2,1-2H3,(H,24,25,26)/b14-12+. The summed E-state index contributed by atoms with van der Waals surface area (Å²) in [4.78, 5) is 16.6. The summed E-state index contributed by atoms with van der Waals surface area (Å²) in [5.74, 6) is 1.16. The van der Waals surface area contributed by atoms with Crippen LogP contribution in [0.25, 0.3) is 16.3 Å². The van der Waals surface area contributed by atoms with Gasteiger partial charge in [0.05, 0.1) is 23.9 Å². The monoisotopic (exact) mass is 410 g/mol. The maximum atomic E-state index is 12.2. The van der Waals surface area contributed by atoms with Gasteiger partial charge in [0.15, 0.2) is 16.6 Å². The van der Waals surface area contributed by atoms with Crippen molar-refractivity contribution in [1.82, 2.24) is 4.98 Å². The van der Waals surface area contributed by atoms with Crippen LogP contribution in [0.4, 0.5) is 5.13 Å². The molecular weight excluding hydrogens is 384 g/mol. The molecule has 0 atom stereocenters. The van der Waals surface area contributed by atoms with E-state index in [0.717, 1.165) is 28.0 Å². The lowest BCUT2D eigenvalue weighted by atomic mass is 10.2. The highest BCUT2D eigenvalue weighted by molar-refractivity contribution is 7.22. The number of methoxy groups -OCH3 is 1. The van der Waals surface area contributed by atoms with Crippen molar-refractivity contribution in [3.63, 3.8) is 0 Å². The topological polar surface area (TPSA) is 60.5 Å². The Morgan fingerprint density at radius 1 is 1.14 bits per heavy atom. The van der Waals surface area contributed by atoms with Crippen LogP contribution in [0.15, 0.2) is 48.5 Å². The molecule has 0 fully saturated rings. The van der Waals surface area contributed by atoms with Crippen molar-refractivity contribution in [1.29, 1.82) is 0 Å². The number of aromatic nitrogens is 1. The van der Waals surface area contributed by atoms with Gasteiger partial charge in [0.2, 0.25) is 5.91 Å². The second kappa shape index (κ2) is 10.6.